The normalized spacial score (nSPS) is 13.0. The van der Waals surface area contributed by atoms with Gasteiger partial charge in [-0.2, -0.15) is 0 Å². The molecule has 0 heterocycles. The maximum Gasteiger partial charge on any atom is 0.307 e. The number of carboxylic acids is 1. The number of hydrogen-bond acceptors (Lipinski definition) is 4. The van der Waals surface area contributed by atoms with Gasteiger partial charge in [-0.05, 0) is 43.8 Å². The van der Waals surface area contributed by atoms with Crippen molar-refractivity contribution >= 4 is 17.6 Å². The number of amides is 1. The summed E-state index contributed by atoms with van der Waals surface area (Å²) in [6, 6.07) is 16.6. The van der Waals surface area contributed by atoms with Gasteiger partial charge < -0.3 is 15.2 Å². The van der Waals surface area contributed by atoms with E-state index in [1.807, 2.05) is 30.3 Å². The van der Waals surface area contributed by atoms with Gasteiger partial charge in [0.2, 0.25) is 5.91 Å². The fourth-order valence-electron chi connectivity index (χ4n) is 2.49. The zero-order chi connectivity index (χ0) is 19.8. The molecule has 0 saturated carbocycles. The Balaban J connectivity index is 1.85. The topological polar surface area (TPSA) is 78.9 Å². The Kier molecular flexibility index (Phi) is 7.37. The largest absolute Gasteiger partial charge is 0.489 e. The summed E-state index contributed by atoms with van der Waals surface area (Å²) in [4.78, 5) is 25.1. The summed E-state index contributed by atoms with van der Waals surface area (Å²) in [6.07, 6.45) is 0. The van der Waals surface area contributed by atoms with Crippen LogP contribution in [0.2, 0.25) is 0 Å². The molecule has 27 heavy (non-hydrogen) atoms. The lowest BCUT2D eigenvalue weighted by Crippen LogP contribution is -2.42. The molecule has 2 unspecified atom stereocenters. The number of carbonyl (C=O) groups excluding carboxylic acids is 1. The van der Waals surface area contributed by atoms with Crippen LogP contribution >= 0.6 is 0 Å². The highest BCUT2D eigenvalue weighted by atomic mass is 16.5. The van der Waals surface area contributed by atoms with Crippen molar-refractivity contribution in [3.63, 3.8) is 0 Å². The maximum absolute atomic E-state index is 12.4. The van der Waals surface area contributed by atoms with Gasteiger partial charge in [0.25, 0.3) is 0 Å². The Morgan fingerprint density at radius 3 is 2.30 bits per heavy atom. The van der Waals surface area contributed by atoms with Gasteiger partial charge in [0.1, 0.15) is 12.4 Å². The van der Waals surface area contributed by atoms with Crippen LogP contribution in [0.4, 0.5) is 5.69 Å². The van der Waals surface area contributed by atoms with Gasteiger partial charge in [-0.3, -0.25) is 14.5 Å². The predicted molar refractivity (Wildman–Crippen MR) is 105 cm³/mol. The van der Waals surface area contributed by atoms with Crippen LogP contribution in [0.3, 0.4) is 0 Å². The highest BCUT2D eigenvalue weighted by Crippen LogP contribution is 2.17. The molecule has 6 nitrogen and oxygen atoms in total. The van der Waals surface area contributed by atoms with E-state index in [-0.39, 0.29) is 5.91 Å². The summed E-state index contributed by atoms with van der Waals surface area (Å²) in [6.45, 7) is 4.16. The number of carboxylic acid groups (broad SMARTS) is 1. The van der Waals surface area contributed by atoms with E-state index in [1.54, 1.807) is 50.1 Å². The van der Waals surface area contributed by atoms with Crippen LogP contribution in [-0.4, -0.2) is 41.5 Å². The highest BCUT2D eigenvalue weighted by molar-refractivity contribution is 5.94. The molecule has 2 rings (SSSR count). The quantitative estimate of drug-likeness (QED) is 0.708. The Hall–Kier alpha value is -2.86. The second-order valence-electron chi connectivity index (χ2n) is 6.64. The summed E-state index contributed by atoms with van der Waals surface area (Å²) in [7, 11) is 1.74. The number of nitrogens with zero attached hydrogens (tertiary/aromatic N) is 1. The Morgan fingerprint density at radius 2 is 1.70 bits per heavy atom. The van der Waals surface area contributed by atoms with Gasteiger partial charge in [-0.1, -0.05) is 37.3 Å². The Morgan fingerprint density at radius 1 is 1.07 bits per heavy atom. The maximum atomic E-state index is 12.4. The number of aliphatic carboxylic acids is 1. The third-order valence-corrected chi connectivity index (χ3v) is 4.39. The van der Waals surface area contributed by atoms with Gasteiger partial charge >= 0.3 is 5.97 Å². The molecule has 0 bridgehead atoms. The van der Waals surface area contributed by atoms with Gasteiger partial charge in [0.05, 0.1) is 12.0 Å². The number of anilines is 1. The molecule has 0 saturated heterocycles. The zero-order valence-electron chi connectivity index (χ0n) is 15.9. The van der Waals surface area contributed by atoms with E-state index in [0.717, 1.165) is 11.3 Å². The fraction of sp³-hybridized carbons (Fsp3) is 0.333. The molecule has 0 radical (unpaired) electrons. The molecule has 1 amide bonds. The van der Waals surface area contributed by atoms with Crippen LogP contribution in [0.25, 0.3) is 0 Å². The van der Waals surface area contributed by atoms with E-state index in [4.69, 9.17) is 9.84 Å². The SMILES string of the molecule is CC(CN(C)C(C)C(=O)Nc1ccc(OCc2ccccc2)cc1)C(=O)O. The number of carbonyl (C=O) groups is 2. The highest BCUT2D eigenvalue weighted by Gasteiger charge is 2.22. The third kappa shape index (κ3) is 6.42. The van der Waals surface area contributed by atoms with Crippen LogP contribution in [-0.2, 0) is 16.2 Å². The van der Waals surface area contributed by atoms with Gasteiger partial charge in [0.15, 0.2) is 0 Å². The summed E-state index contributed by atoms with van der Waals surface area (Å²) in [5.74, 6) is -0.878. The van der Waals surface area contributed by atoms with Gasteiger partial charge in [-0.25, -0.2) is 0 Å². The van der Waals surface area contributed by atoms with Crippen LogP contribution < -0.4 is 10.1 Å². The molecule has 2 aromatic rings. The van der Waals surface area contributed by atoms with Crippen molar-refractivity contribution < 1.29 is 19.4 Å². The van der Waals surface area contributed by atoms with Gasteiger partial charge in [-0.15, -0.1) is 0 Å². The van der Waals surface area contributed by atoms with Crippen molar-refractivity contribution in [3.8, 4) is 5.75 Å². The number of rotatable bonds is 9. The smallest absolute Gasteiger partial charge is 0.307 e. The van der Waals surface area contributed by atoms with E-state index in [9.17, 15) is 9.59 Å². The van der Waals surface area contributed by atoms with Crippen molar-refractivity contribution in [3.05, 3.63) is 60.2 Å². The minimum Gasteiger partial charge on any atom is -0.489 e. The van der Waals surface area contributed by atoms with E-state index in [2.05, 4.69) is 5.32 Å². The van der Waals surface area contributed by atoms with Crippen molar-refractivity contribution in [2.45, 2.75) is 26.5 Å². The van der Waals surface area contributed by atoms with Crippen molar-refractivity contribution in [2.24, 2.45) is 5.92 Å². The molecule has 0 fully saturated rings. The molecule has 2 N–H and O–H groups in total. The number of nitrogens with one attached hydrogen (secondary N) is 1. The summed E-state index contributed by atoms with van der Waals surface area (Å²) in [5, 5.41) is 11.8. The molecule has 0 spiro atoms. The first-order chi connectivity index (χ1) is 12.9. The standard InChI is InChI=1S/C21H26N2O4/c1-15(21(25)26)13-23(3)16(2)20(24)22-18-9-11-19(12-10-18)27-14-17-7-5-4-6-8-17/h4-12,15-16H,13-14H2,1-3H3,(H,22,24)(H,25,26). The number of ether oxygens (including phenoxy) is 1. The fourth-order valence-corrected chi connectivity index (χ4v) is 2.49. The lowest BCUT2D eigenvalue weighted by molar-refractivity contribution is -0.142. The molecular weight excluding hydrogens is 344 g/mol. The minimum absolute atomic E-state index is 0.187. The Labute approximate surface area is 159 Å². The first-order valence-electron chi connectivity index (χ1n) is 8.87. The summed E-state index contributed by atoms with van der Waals surface area (Å²) in [5.41, 5.74) is 1.75. The summed E-state index contributed by atoms with van der Waals surface area (Å²) >= 11 is 0. The molecule has 0 aliphatic carbocycles. The first-order valence-corrected chi connectivity index (χ1v) is 8.87. The van der Waals surface area contributed by atoms with Crippen LogP contribution in [0.5, 0.6) is 5.75 Å². The number of likely N-dealkylation sites (N-methyl/N-ethyl adjacent to an activating group) is 1. The Bertz CT molecular complexity index is 747. The van der Waals surface area contributed by atoms with Gasteiger partial charge in [0, 0.05) is 12.2 Å². The zero-order valence-corrected chi connectivity index (χ0v) is 15.9. The average Bonchev–Trinajstić information content (AvgIpc) is 2.67. The molecule has 2 aromatic carbocycles. The minimum atomic E-state index is -0.874. The van der Waals surface area contributed by atoms with E-state index in [1.165, 1.54) is 0 Å². The molecule has 0 aliphatic heterocycles. The van der Waals surface area contributed by atoms with Crippen LogP contribution in [0, 0.1) is 5.92 Å². The van der Waals surface area contributed by atoms with E-state index < -0.39 is 17.9 Å². The van der Waals surface area contributed by atoms with E-state index in [0.29, 0.717) is 18.8 Å². The number of benzene rings is 2. The first kappa shape index (κ1) is 20.5. The van der Waals surface area contributed by atoms with Crippen LogP contribution in [0.15, 0.2) is 54.6 Å². The molecule has 6 heteroatoms. The van der Waals surface area contributed by atoms with Crippen molar-refractivity contribution in [1.82, 2.24) is 4.90 Å². The third-order valence-electron chi connectivity index (χ3n) is 4.39. The molecule has 0 aromatic heterocycles. The lowest BCUT2D eigenvalue weighted by Gasteiger charge is -2.25. The second-order valence-corrected chi connectivity index (χ2v) is 6.64. The molecule has 0 aliphatic rings. The monoisotopic (exact) mass is 370 g/mol. The van der Waals surface area contributed by atoms with Crippen molar-refractivity contribution in [2.75, 3.05) is 18.9 Å². The molecule has 144 valence electrons. The van der Waals surface area contributed by atoms with Crippen LogP contribution in [0.1, 0.15) is 19.4 Å². The van der Waals surface area contributed by atoms with Crippen molar-refractivity contribution in [1.29, 1.82) is 0 Å². The second kappa shape index (κ2) is 9.73. The number of hydrogen-bond donors (Lipinski definition) is 2. The predicted octanol–water partition coefficient (Wildman–Crippen LogP) is 3.25. The average molecular weight is 370 g/mol. The molecular formula is C21H26N2O4. The lowest BCUT2D eigenvalue weighted by atomic mass is 10.1. The van der Waals surface area contributed by atoms with E-state index >= 15 is 0 Å². The molecule has 2 atom stereocenters. The summed E-state index contributed by atoms with van der Waals surface area (Å²) < 4.78 is 5.73.